The SMILES string of the molecule is CCSc1nc([O-])c2[n+](n1)C(c1ccsc1)N(C(=O)CC)c1ccccc1-2. The Balaban J connectivity index is 2.04. The maximum absolute atomic E-state index is 12.9. The Morgan fingerprint density at radius 3 is 2.85 bits per heavy atom. The standard InChI is InChI=1S/C19H18N4O2S2/c1-3-15(24)22-14-8-6-5-7-13(14)16-17(25)20-19(27-4-2)21-23(16)18(22)12-9-10-26-11-12/h5-11,18H,3-4H2,1-2H3. The van der Waals surface area contributed by atoms with Crippen LogP contribution in [0.1, 0.15) is 32.0 Å². The Morgan fingerprint density at radius 1 is 1.33 bits per heavy atom. The summed E-state index contributed by atoms with van der Waals surface area (Å²) in [5.41, 5.74) is 2.75. The molecule has 1 aromatic carbocycles. The van der Waals surface area contributed by atoms with Crippen molar-refractivity contribution >= 4 is 34.7 Å². The Morgan fingerprint density at radius 2 is 2.15 bits per heavy atom. The largest absolute Gasteiger partial charge is 0.854 e. The number of rotatable bonds is 4. The van der Waals surface area contributed by atoms with Crippen molar-refractivity contribution in [2.45, 2.75) is 31.6 Å². The highest BCUT2D eigenvalue weighted by atomic mass is 32.2. The predicted octanol–water partition coefficient (Wildman–Crippen LogP) is 2.98. The van der Waals surface area contributed by atoms with Gasteiger partial charge in [0, 0.05) is 16.9 Å². The molecule has 0 spiro atoms. The first-order valence-corrected chi connectivity index (χ1v) is 10.7. The van der Waals surface area contributed by atoms with Crippen LogP contribution in [0.25, 0.3) is 11.3 Å². The Labute approximate surface area is 165 Å². The van der Waals surface area contributed by atoms with Gasteiger partial charge in [0.05, 0.1) is 22.7 Å². The van der Waals surface area contributed by atoms with Crippen molar-refractivity contribution in [2.24, 2.45) is 0 Å². The predicted molar refractivity (Wildman–Crippen MR) is 104 cm³/mol. The van der Waals surface area contributed by atoms with Crippen LogP contribution in [0.3, 0.4) is 0 Å². The number of benzene rings is 1. The molecule has 3 aromatic rings. The zero-order chi connectivity index (χ0) is 19.0. The van der Waals surface area contributed by atoms with E-state index in [-0.39, 0.29) is 11.8 Å². The van der Waals surface area contributed by atoms with E-state index in [0.717, 1.165) is 17.0 Å². The lowest BCUT2D eigenvalue weighted by Crippen LogP contribution is -2.59. The Hall–Kier alpha value is -2.45. The number of amides is 1. The quantitative estimate of drug-likeness (QED) is 0.499. The second kappa shape index (κ2) is 7.28. The molecule has 0 saturated heterocycles. The van der Waals surface area contributed by atoms with Crippen molar-refractivity contribution < 1.29 is 14.6 Å². The highest BCUT2D eigenvalue weighted by molar-refractivity contribution is 7.99. The van der Waals surface area contributed by atoms with Gasteiger partial charge < -0.3 is 5.11 Å². The molecule has 138 valence electrons. The summed E-state index contributed by atoms with van der Waals surface area (Å²) in [7, 11) is 0. The third kappa shape index (κ3) is 2.98. The third-order valence-corrected chi connectivity index (χ3v) is 5.82. The fraction of sp³-hybridized carbons (Fsp3) is 0.263. The van der Waals surface area contributed by atoms with Crippen LogP contribution in [0.2, 0.25) is 0 Å². The van der Waals surface area contributed by atoms with Gasteiger partial charge in [-0.3, -0.25) is 4.79 Å². The average Bonchev–Trinajstić information content (AvgIpc) is 3.20. The average molecular weight is 399 g/mol. The van der Waals surface area contributed by atoms with Gasteiger partial charge in [-0.15, -0.1) is 0 Å². The highest BCUT2D eigenvalue weighted by Crippen LogP contribution is 2.41. The van der Waals surface area contributed by atoms with Gasteiger partial charge in [-0.25, -0.2) is 9.88 Å². The van der Waals surface area contributed by atoms with Crippen molar-refractivity contribution in [3.05, 3.63) is 46.7 Å². The van der Waals surface area contributed by atoms with Gasteiger partial charge in [0.1, 0.15) is 0 Å². The lowest BCUT2D eigenvalue weighted by atomic mass is 10.0. The summed E-state index contributed by atoms with van der Waals surface area (Å²) >= 11 is 2.97. The zero-order valence-corrected chi connectivity index (χ0v) is 16.6. The van der Waals surface area contributed by atoms with E-state index in [4.69, 9.17) is 0 Å². The molecular weight excluding hydrogens is 380 g/mol. The van der Waals surface area contributed by atoms with Gasteiger partial charge in [0.25, 0.3) is 17.0 Å². The van der Waals surface area contributed by atoms with Crippen LogP contribution in [-0.4, -0.2) is 21.7 Å². The molecule has 1 unspecified atom stereocenters. The summed E-state index contributed by atoms with van der Waals surface area (Å²) in [5.74, 6) is 0.417. The molecule has 0 saturated carbocycles. The maximum atomic E-state index is 12.9. The van der Waals surface area contributed by atoms with Gasteiger partial charge in [-0.05, 0) is 29.3 Å². The molecule has 3 heterocycles. The number of fused-ring (bicyclic) bond motifs is 3. The number of aromatic nitrogens is 3. The summed E-state index contributed by atoms with van der Waals surface area (Å²) in [4.78, 5) is 18.8. The van der Waals surface area contributed by atoms with Crippen molar-refractivity contribution in [3.8, 4) is 17.1 Å². The summed E-state index contributed by atoms with van der Waals surface area (Å²) in [5, 5.41) is 21.9. The number of para-hydroxylation sites is 1. The van der Waals surface area contributed by atoms with Crippen molar-refractivity contribution in [2.75, 3.05) is 10.7 Å². The van der Waals surface area contributed by atoms with Gasteiger partial charge in [0.2, 0.25) is 5.91 Å². The van der Waals surface area contributed by atoms with E-state index in [1.54, 1.807) is 20.9 Å². The van der Waals surface area contributed by atoms with Gasteiger partial charge in [0.15, 0.2) is 0 Å². The molecule has 1 aliphatic rings. The first kappa shape index (κ1) is 17.9. The van der Waals surface area contributed by atoms with Crippen LogP contribution < -0.4 is 14.7 Å². The summed E-state index contributed by atoms with van der Waals surface area (Å²) in [6.45, 7) is 3.83. The minimum atomic E-state index is -0.500. The number of hydrogen-bond acceptors (Lipinski definition) is 6. The molecule has 1 atom stereocenters. The van der Waals surface area contributed by atoms with E-state index in [2.05, 4.69) is 10.1 Å². The zero-order valence-electron chi connectivity index (χ0n) is 15.0. The first-order chi connectivity index (χ1) is 13.2. The van der Waals surface area contributed by atoms with E-state index in [0.29, 0.717) is 22.8 Å². The van der Waals surface area contributed by atoms with E-state index in [9.17, 15) is 9.90 Å². The topological polar surface area (TPSA) is 73.0 Å². The number of anilines is 1. The van der Waals surface area contributed by atoms with Crippen LogP contribution in [0, 0.1) is 0 Å². The molecule has 0 N–H and O–H groups in total. The third-order valence-electron chi connectivity index (χ3n) is 4.40. The smallest absolute Gasteiger partial charge is 0.293 e. The molecule has 0 fully saturated rings. The number of carbonyl (C=O) groups is 1. The Bertz CT molecular complexity index is 991. The van der Waals surface area contributed by atoms with E-state index in [1.807, 2.05) is 54.9 Å². The second-order valence-electron chi connectivity index (χ2n) is 5.99. The van der Waals surface area contributed by atoms with Crippen LogP contribution in [0.5, 0.6) is 5.88 Å². The first-order valence-electron chi connectivity index (χ1n) is 8.72. The molecule has 0 radical (unpaired) electrons. The van der Waals surface area contributed by atoms with Gasteiger partial charge >= 0.3 is 0 Å². The van der Waals surface area contributed by atoms with E-state index < -0.39 is 6.17 Å². The Kier molecular flexibility index (Phi) is 4.84. The molecule has 0 aliphatic carbocycles. The summed E-state index contributed by atoms with van der Waals surface area (Å²) in [6, 6.07) is 9.42. The number of thioether (sulfide) groups is 1. The molecule has 6 nitrogen and oxygen atoms in total. The van der Waals surface area contributed by atoms with Crippen molar-refractivity contribution in [1.29, 1.82) is 0 Å². The molecule has 0 bridgehead atoms. The maximum Gasteiger partial charge on any atom is 0.293 e. The van der Waals surface area contributed by atoms with Gasteiger partial charge in [-0.1, -0.05) is 42.4 Å². The molecule has 8 heteroatoms. The second-order valence-corrected chi connectivity index (χ2v) is 8.00. The normalized spacial score (nSPS) is 15.3. The minimum Gasteiger partial charge on any atom is -0.854 e. The fourth-order valence-electron chi connectivity index (χ4n) is 3.29. The van der Waals surface area contributed by atoms with Crippen LogP contribution >= 0.6 is 23.1 Å². The molecule has 2 aromatic heterocycles. The molecule has 27 heavy (non-hydrogen) atoms. The number of hydrogen-bond donors (Lipinski definition) is 0. The number of thiophene rings is 1. The number of nitrogens with zero attached hydrogens (tertiary/aromatic N) is 4. The fourth-order valence-corrected chi connectivity index (χ4v) is 4.51. The van der Waals surface area contributed by atoms with Crippen molar-refractivity contribution in [3.63, 3.8) is 0 Å². The van der Waals surface area contributed by atoms with Gasteiger partial charge in [-0.2, -0.15) is 11.3 Å². The van der Waals surface area contributed by atoms with E-state index in [1.165, 1.54) is 11.8 Å². The monoisotopic (exact) mass is 398 g/mol. The highest BCUT2D eigenvalue weighted by Gasteiger charge is 2.44. The lowest BCUT2D eigenvalue weighted by Gasteiger charge is -2.33. The molecular formula is C19H18N4O2S2. The summed E-state index contributed by atoms with van der Waals surface area (Å²) < 4.78 is 1.67. The molecule has 1 aliphatic heterocycles. The molecule has 4 rings (SSSR count). The molecule has 1 amide bonds. The van der Waals surface area contributed by atoms with Crippen LogP contribution in [-0.2, 0) is 4.79 Å². The minimum absolute atomic E-state index is 0.0208. The van der Waals surface area contributed by atoms with Crippen molar-refractivity contribution in [1.82, 2.24) is 10.1 Å². The summed E-state index contributed by atoms with van der Waals surface area (Å²) in [6.07, 6.45) is -0.142. The van der Waals surface area contributed by atoms with Crippen LogP contribution in [0.4, 0.5) is 5.69 Å². The van der Waals surface area contributed by atoms with Crippen LogP contribution in [0.15, 0.2) is 46.2 Å². The van der Waals surface area contributed by atoms with E-state index >= 15 is 0 Å². The number of carbonyl (C=O) groups excluding carboxylic acids is 1. The lowest BCUT2D eigenvalue weighted by molar-refractivity contribution is -0.764.